The third-order valence-corrected chi connectivity index (χ3v) is 2.31. The molecule has 0 N–H and O–H groups in total. The van der Waals surface area contributed by atoms with E-state index in [9.17, 15) is 13.2 Å². The van der Waals surface area contributed by atoms with Crippen LogP contribution in [0.4, 0.5) is 13.2 Å². The van der Waals surface area contributed by atoms with Gasteiger partial charge in [0.25, 0.3) is 0 Å². The maximum Gasteiger partial charge on any atom is 0.391 e. The van der Waals surface area contributed by atoms with Crippen molar-refractivity contribution < 1.29 is 13.2 Å². The molecule has 0 bridgehead atoms. The highest BCUT2D eigenvalue weighted by Crippen LogP contribution is 2.42. The Kier molecular flexibility index (Phi) is 4.75. The monoisotopic (exact) mass is 197 g/mol. The number of rotatable bonds is 1. The summed E-state index contributed by atoms with van der Waals surface area (Å²) in [5.41, 5.74) is 0. The molecule has 80 valence electrons. The Morgan fingerprint density at radius 2 is 1.46 bits per heavy atom. The third-order valence-electron chi connectivity index (χ3n) is 2.31. The average Bonchev–Trinajstić information content (AvgIpc) is 1.83. The molecule has 0 spiro atoms. The lowest BCUT2D eigenvalue weighted by Gasteiger charge is -2.40. The van der Waals surface area contributed by atoms with Crippen molar-refractivity contribution in [2.45, 2.75) is 38.9 Å². The summed E-state index contributed by atoms with van der Waals surface area (Å²) in [4.78, 5) is 1.85. The highest BCUT2D eigenvalue weighted by molar-refractivity contribution is 4.88. The van der Waals surface area contributed by atoms with Gasteiger partial charge in [-0.2, -0.15) is 13.2 Å². The average molecular weight is 197 g/mol. The van der Waals surface area contributed by atoms with E-state index in [1.165, 1.54) is 0 Å². The second-order valence-corrected chi connectivity index (χ2v) is 3.33. The van der Waals surface area contributed by atoms with Crippen LogP contribution in [0.15, 0.2) is 0 Å². The Bertz CT molecular complexity index is 136. The van der Waals surface area contributed by atoms with Crippen LogP contribution in [0.25, 0.3) is 0 Å². The molecule has 0 radical (unpaired) electrons. The summed E-state index contributed by atoms with van der Waals surface area (Å²) in [6, 6.07) is 0.140. The quantitative estimate of drug-likeness (QED) is 0.624. The molecule has 1 saturated carbocycles. The van der Waals surface area contributed by atoms with Crippen molar-refractivity contribution in [1.29, 1.82) is 0 Å². The molecule has 4 heteroatoms. The summed E-state index contributed by atoms with van der Waals surface area (Å²) in [6.45, 7) is 4.00. The normalized spacial score (nSPS) is 27.7. The van der Waals surface area contributed by atoms with E-state index < -0.39 is 12.1 Å². The van der Waals surface area contributed by atoms with E-state index in [1.54, 1.807) is 0 Å². The number of halogens is 3. The minimum absolute atomic E-state index is 0.140. The number of nitrogens with zero attached hydrogens (tertiary/aromatic N) is 1. The highest BCUT2D eigenvalue weighted by Gasteiger charge is 2.48. The Hall–Kier alpha value is -0.250. The van der Waals surface area contributed by atoms with Crippen LogP contribution in [0.3, 0.4) is 0 Å². The first-order chi connectivity index (χ1) is 5.91. The van der Waals surface area contributed by atoms with Crippen molar-refractivity contribution in [3.8, 4) is 0 Å². The topological polar surface area (TPSA) is 3.24 Å². The van der Waals surface area contributed by atoms with E-state index in [4.69, 9.17) is 0 Å². The van der Waals surface area contributed by atoms with Crippen LogP contribution < -0.4 is 0 Å². The molecule has 0 saturated heterocycles. The SMILES string of the molecule is CC.CN(C)C1CC(C(F)(F)F)C1. The molecule has 0 amide bonds. The highest BCUT2D eigenvalue weighted by atomic mass is 19.4. The summed E-state index contributed by atoms with van der Waals surface area (Å²) in [5, 5.41) is 0. The Labute approximate surface area is 77.9 Å². The molecule has 1 aliphatic rings. The molecule has 0 aromatic carbocycles. The van der Waals surface area contributed by atoms with Gasteiger partial charge in [0, 0.05) is 6.04 Å². The van der Waals surface area contributed by atoms with Gasteiger partial charge in [0.15, 0.2) is 0 Å². The van der Waals surface area contributed by atoms with Crippen LogP contribution in [0.1, 0.15) is 26.7 Å². The lowest BCUT2D eigenvalue weighted by molar-refractivity contribution is -0.204. The van der Waals surface area contributed by atoms with E-state index in [2.05, 4.69) is 0 Å². The molecule has 1 aliphatic carbocycles. The smallest absolute Gasteiger partial charge is 0.306 e. The van der Waals surface area contributed by atoms with Crippen LogP contribution in [-0.2, 0) is 0 Å². The van der Waals surface area contributed by atoms with E-state index in [1.807, 2.05) is 32.8 Å². The minimum Gasteiger partial charge on any atom is -0.306 e. The van der Waals surface area contributed by atoms with Crippen molar-refractivity contribution in [1.82, 2.24) is 4.90 Å². The zero-order chi connectivity index (χ0) is 10.6. The maximum atomic E-state index is 11.9. The van der Waals surface area contributed by atoms with E-state index in [0.29, 0.717) is 0 Å². The summed E-state index contributed by atoms with van der Waals surface area (Å²) in [5.74, 6) is -1.05. The zero-order valence-corrected chi connectivity index (χ0v) is 8.65. The van der Waals surface area contributed by atoms with Gasteiger partial charge in [-0.1, -0.05) is 13.8 Å². The van der Waals surface area contributed by atoms with Gasteiger partial charge in [0.05, 0.1) is 5.92 Å². The predicted octanol–water partition coefficient (Wildman–Crippen LogP) is 2.92. The molecular weight excluding hydrogens is 179 g/mol. The molecule has 0 unspecified atom stereocenters. The Morgan fingerprint density at radius 3 is 1.69 bits per heavy atom. The fourth-order valence-electron chi connectivity index (χ4n) is 1.28. The van der Waals surface area contributed by atoms with Crippen molar-refractivity contribution in [2.24, 2.45) is 5.92 Å². The molecule has 0 aliphatic heterocycles. The van der Waals surface area contributed by atoms with Crippen LogP contribution in [0.2, 0.25) is 0 Å². The van der Waals surface area contributed by atoms with Crippen molar-refractivity contribution in [3.05, 3.63) is 0 Å². The molecule has 1 rings (SSSR count). The van der Waals surface area contributed by atoms with Crippen LogP contribution in [-0.4, -0.2) is 31.2 Å². The second kappa shape index (κ2) is 4.84. The van der Waals surface area contributed by atoms with Gasteiger partial charge in [-0.25, -0.2) is 0 Å². The summed E-state index contributed by atoms with van der Waals surface area (Å²) >= 11 is 0. The van der Waals surface area contributed by atoms with Crippen molar-refractivity contribution >= 4 is 0 Å². The van der Waals surface area contributed by atoms with E-state index >= 15 is 0 Å². The minimum atomic E-state index is -3.97. The van der Waals surface area contributed by atoms with Gasteiger partial charge >= 0.3 is 6.18 Å². The molecule has 1 nitrogen and oxygen atoms in total. The first-order valence-corrected chi connectivity index (χ1v) is 4.64. The van der Waals surface area contributed by atoms with Crippen LogP contribution in [0, 0.1) is 5.92 Å². The number of alkyl halides is 3. The molecule has 0 aromatic rings. The zero-order valence-electron chi connectivity index (χ0n) is 8.65. The van der Waals surface area contributed by atoms with Gasteiger partial charge < -0.3 is 4.90 Å². The third kappa shape index (κ3) is 3.55. The molecular formula is C9H18F3N. The van der Waals surface area contributed by atoms with Crippen molar-refractivity contribution in [3.63, 3.8) is 0 Å². The van der Waals surface area contributed by atoms with Gasteiger partial charge in [0.1, 0.15) is 0 Å². The lowest BCUT2D eigenvalue weighted by Crippen LogP contribution is -2.46. The van der Waals surface area contributed by atoms with Gasteiger partial charge in [-0.05, 0) is 26.9 Å². The van der Waals surface area contributed by atoms with Crippen LogP contribution in [0.5, 0.6) is 0 Å². The van der Waals surface area contributed by atoms with Crippen molar-refractivity contribution in [2.75, 3.05) is 14.1 Å². The first kappa shape index (κ1) is 12.8. The van der Waals surface area contributed by atoms with Gasteiger partial charge in [0.2, 0.25) is 0 Å². The molecule has 0 atom stereocenters. The largest absolute Gasteiger partial charge is 0.391 e. The van der Waals surface area contributed by atoms with Gasteiger partial charge in [-0.3, -0.25) is 0 Å². The molecule has 0 heterocycles. The van der Waals surface area contributed by atoms with Gasteiger partial charge in [-0.15, -0.1) is 0 Å². The summed E-state index contributed by atoms with van der Waals surface area (Å²) < 4.78 is 35.8. The Balaban J connectivity index is 0.000000671. The van der Waals surface area contributed by atoms with E-state index in [0.717, 1.165) is 0 Å². The molecule has 13 heavy (non-hydrogen) atoms. The summed E-state index contributed by atoms with van der Waals surface area (Å²) in [6.07, 6.45) is -3.42. The number of hydrogen-bond donors (Lipinski definition) is 0. The lowest BCUT2D eigenvalue weighted by atomic mass is 9.79. The fraction of sp³-hybridized carbons (Fsp3) is 1.00. The first-order valence-electron chi connectivity index (χ1n) is 4.64. The standard InChI is InChI=1S/C7H12F3N.C2H6/c1-11(2)6-3-5(4-6)7(8,9)10;1-2/h5-6H,3-4H2,1-2H3;1-2H3. The maximum absolute atomic E-state index is 11.9. The van der Waals surface area contributed by atoms with Crippen LogP contribution >= 0.6 is 0 Å². The predicted molar refractivity (Wildman–Crippen MR) is 47.6 cm³/mol. The summed E-state index contributed by atoms with van der Waals surface area (Å²) in [7, 11) is 3.63. The number of hydrogen-bond acceptors (Lipinski definition) is 1. The molecule has 1 fully saturated rings. The molecule has 0 aromatic heterocycles. The fourth-order valence-corrected chi connectivity index (χ4v) is 1.28. The van der Waals surface area contributed by atoms with E-state index in [-0.39, 0.29) is 18.9 Å². The second-order valence-electron chi connectivity index (χ2n) is 3.33. The Morgan fingerprint density at radius 1 is 1.08 bits per heavy atom.